The van der Waals surface area contributed by atoms with Crippen LogP contribution < -0.4 is 10.2 Å². The minimum atomic E-state index is 0.757. The lowest BCUT2D eigenvalue weighted by Gasteiger charge is -2.28. The molecule has 0 aromatic heterocycles. The highest BCUT2D eigenvalue weighted by atomic mass is 15.2. The number of benzene rings is 1. The minimum Gasteiger partial charge on any atom is -0.371 e. The zero-order valence-corrected chi connectivity index (χ0v) is 12.1. The van der Waals surface area contributed by atoms with E-state index in [0.29, 0.717) is 0 Å². The van der Waals surface area contributed by atoms with Crippen LogP contribution in [0, 0.1) is 5.92 Å². The first-order valence-electron chi connectivity index (χ1n) is 7.94. The Kier molecular flexibility index (Phi) is 4.07. The van der Waals surface area contributed by atoms with E-state index in [0.717, 1.165) is 12.0 Å². The number of para-hydroxylation sites is 1. The van der Waals surface area contributed by atoms with Crippen LogP contribution in [0.5, 0.6) is 0 Å². The summed E-state index contributed by atoms with van der Waals surface area (Å²) < 4.78 is 0. The maximum absolute atomic E-state index is 3.75. The largest absolute Gasteiger partial charge is 0.371 e. The third kappa shape index (κ3) is 2.79. The molecule has 1 heterocycles. The molecule has 2 atom stereocenters. The van der Waals surface area contributed by atoms with Crippen molar-refractivity contribution < 1.29 is 0 Å². The summed E-state index contributed by atoms with van der Waals surface area (Å²) in [5.74, 6) is 0.845. The van der Waals surface area contributed by atoms with E-state index in [1.165, 1.54) is 57.4 Å². The summed E-state index contributed by atoms with van der Waals surface area (Å²) in [4.78, 5) is 2.62. The van der Waals surface area contributed by atoms with Crippen LogP contribution in [-0.4, -0.2) is 25.7 Å². The third-order valence-corrected chi connectivity index (χ3v) is 4.75. The summed E-state index contributed by atoms with van der Waals surface area (Å²) in [6.07, 6.45) is 6.66. The van der Waals surface area contributed by atoms with Gasteiger partial charge in [-0.25, -0.2) is 0 Å². The van der Waals surface area contributed by atoms with E-state index < -0.39 is 0 Å². The third-order valence-electron chi connectivity index (χ3n) is 4.75. The smallest absolute Gasteiger partial charge is 0.0399 e. The van der Waals surface area contributed by atoms with E-state index in [1.807, 2.05) is 0 Å². The summed E-state index contributed by atoms with van der Waals surface area (Å²) in [6, 6.07) is 9.69. The number of hydrogen-bond donors (Lipinski definition) is 1. The average molecular weight is 258 g/mol. The van der Waals surface area contributed by atoms with E-state index in [4.69, 9.17) is 0 Å². The second-order valence-corrected chi connectivity index (χ2v) is 6.08. The van der Waals surface area contributed by atoms with Gasteiger partial charge in [0.15, 0.2) is 0 Å². The van der Waals surface area contributed by atoms with Crippen molar-refractivity contribution in [1.29, 1.82) is 0 Å². The first kappa shape index (κ1) is 13.0. The lowest BCUT2D eigenvalue weighted by atomic mass is 10.0. The van der Waals surface area contributed by atoms with Gasteiger partial charge in [0.05, 0.1) is 0 Å². The quantitative estimate of drug-likeness (QED) is 0.872. The molecule has 0 bridgehead atoms. The highest BCUT2D eigenvalue weighted by Gasteiger charge is 2.30. The lowest BCUT2D eigenvalue weighted by molar-refractivity contribution is 0.401. The van der Waals surface area contributed by atoms with Gasteiger partial charge in [0, 0.05) is 24.8 Å². The van der Waals surface area contributed by atoms with Crippen LogP contribution in [0.15, 0.2) is 24.3 Å². The van der Waals surface area contributed by atoms with E-state index in [1.54, 1.807) is 5.56 Å². The number of nitrogens with one attached hydrogen (secondary N) is 1. The Hall–Kier alpha value is -1.02. The highest BCUT2D eigenvalue weighted by molar-refractivity contribution is 5.57. The highest BCUT2D eigenvalue weighted by Crippen LogP contribution is 2.32. The topological polar surface area (TPSA) is 15.3 Å². The van der Waals surface area contributed by atoms with Gasteiger partial charge in [-0.2, -0.15) is 0 Å². The van der Waals surface area contributed by atoms with Crippen LogP contribution in [0.4, 0.5) is 5.69 Å². The Balaban J connectivity index is 1.62. The van der Waals surface area contributed by atoms with Crippen molar-refractivity contribution in [1.82, 2.24) is 5.32 Å². The van der Waals surface area contributed by atoms with E-state index in [2.05, 4.69) is 41.4 Å². The number of rotatable bonds is 5. The van der Waals surface area contributed by atoms with Gasteiger partial charge in [0.2, 0.25) is 0 Å². The molecule has 2 nitrogen and oxygen atoms in total. The number of nitrogens with zero attached hydrogens (tertiary/aromatic N) is 1. The van der Waals surface area contributed by atoms with Crippen molar-refractivity contribution in [3.8, 4) is 0 Å². The zero-order valence-electron chi connectivity index (χ0n) is 12.1. The predicted octanol–water partition coefficient (Wildman–Crippen LogP) is 3.22. The van der Waals surface area contributed by atoms with Crippen LogP contribution in [0.1, 0.15) is 38.2 Å². The van der Waals surface area contributed by atoms with Crippen molar-refractivity contribution in [2.24, 2.45) is 5.92 Å². The van der Waals surface area contributed by atoms with Gasteiger partial charge in [-0.3, -0.25) is 0 Å². The van der Waals surface area contributed by atoms with E-state index in [9.17, 15) is 0 Å². The Morgan fingerprint density at radius 1 is 1.26 bits per heavy atom. The molecule has 1 saturated carbocycles. The standard InChI is InChI=1S/C17H26N2/c1-2-11-18-16-8-5-7-15(16)13-19-12-10-14-6-3-4-9-17(14)19/h3-4,6,9,15-16,18H,2,5,7-8,10-13H2,1H3. The Labute approximate surface area is 117 Å². The predicted molar refractivity (Wildman–Crippen MR) is 81.8 cm³/mol. The molecule has 1 N–H and O–H groups in total. The van der Waals surface area contributed by atoms with Gasteiger partial charge in [0.1, 0.15) is 0 Å². The number of anilines is 1. The lowest BCUT2D eigenvalue weighted by Crippen LogP contribution is -2.39. The number of hydrogen-bond acceptors (Lipinski definition) is 2. The van der Waals surface area contributed by atoms with Crippen LogP contribution in [0.25, 0.3) is 0 Å². The summed E-state index contributed by atoms with van der Waals surface area (Å²) in [7, 11) is 0. The summed E-state index contributed by atoms with van der Waals surface area (Å²) in [6.45, 7) is 5.90. The Morgan fingerprint density at radius 3 is 3.05 bits per heavy atom. The fraction of sp³-hybridized carbons (Fsp3) is 0.647. The molecule has 0 amide bonds. The molecule has 2 unspecified atom stereocenters. The van der Waals surface area contributed by atoms with Gasteiger partial charge in [0.25, 0.3) is 0 Å². The average Bonchev–Trinajstić information content (AvgIpc) is 3.05. The van der Waals surface area contributed by atoms with Gasteiger partial charge >= 0.3 is 0 Å². The molecule has 1 aliphatic carbocycles. The second kappa shape index (κ2) is 5.96. The Bertz CT molecular complexity index is 415. The molecular weight excluding hydrogens is 232 g/mol. The van der Waals surface area contributed by atoms with E-state index in [-0.39, 0.29) is 0 Å². The maximum Gasteiger partial charge on any atom is 0.0399 e. The fourth-order valence-electron chi connectivity index (χ4n) is 3.73. The molecular formula is C17H26N2. The van der Waals surface area contributed by atoms with Gasteiger partial charge < -0.3 is 10.2 Å². The molecule has 1 aromatic rings. The minimum absolute atomic E-state index is 0.757. The zero-order chi connectivity index (χ0) is 13.1. The van der Waals surface area contributed by atoms with Crippen molar-refractivity contribution in [3.05, 3.63) is 29.8 Å². The number of fused-ring (bicyclic) bond motifs is 1. The molecule has 19 heavy (non-hydrogen) atoms. The molecule has 1 aliphatic heterocycles. The van der Waals surface area contributed by atoms with Crippen LogP contribution in [-0.2, 0) is 6.42 Å². The first-order chi connectivity index (χ1) is 9.38. The molecule has 0 radical (unpaired) electrons. The van der Waals surface area contributed by atoms with E-state index >= 15 is 0 Å². The van der Waals surface area contributed by atoms with Crippen LogP contribution >= 0.6 is 0 Å². The van der Waals surface area contributed by atoms with Crippen molar-refractivity contribution in [2.45, 2.75) is 45.1 Å². The maximum atomic E-state index is 3.75. The normalized spacial score (nSPS) is 25.8. The SMILES string of the molecule is CCCNC1CCCC1CN1CCc2ccccc21. The van der Waals surface area contributed by atoms with Crippen molar-refractivity contribution >= 4 is 5.69 Å². The van der Waals surface area contributed by atoms with Gasteiger partial charge in [-0.15, -0.1) is 0 Å². The van der Waals surface area contributed by atoms with Crippen LogP contribution in [0.2, 0.25) is 0 Å². The molecule has 0 spiro atoms. The second-order valence-electron chi connectivity index (χ2n) is 6.08. The van der Waals surface area contributed by atoms with Gasteiger partial charge in [-0.05, 0) is 49.8 Å². The summed E-state index contributed by atoms with van der Waals surface area (Å²) in [5, 5.41) is 3.75. The first-order valence-corrected chi connectivity index (χ1v) is 7.94. The fourth-order valence-corrected chi connectivity index (χ4v) is 3.73. The Morgan fingerprint density at radius 2 is 2.16 bits per heavy atom. The molecule has 3 rings (SSSR count). The molecule has 1 aromatic carbocycles. The molecule has 0 saturated heterocycles. The molecule has 1 fully saturated rings. The molecule has 2 aliphatic rings. The van der Waals surface area contributed by atoms with Crippen LogP contribution in [0.3, 0.4) is 0 Å². The van der Waals surface area contributed by atoms with Crippen molar-refractivity contribution in [3.63, 3.8) is 0 Å². The monoisotopic (exact) mass is 258 g/mol. The molecule has 2 heteroatoms. The molecule has 104 valence electrons. The van der Waals surface area contributed by atoms with Gasteiger partial charge in [-0.1, -0.05) is 31.5 Å². The van der Waals surface area contributed by atoms with Crippen molar-refractivity contribution in [2.75, 3.05) is 24.5 Å². The summed E-state index contributed by atoms with van der Waals surface area (Å²) in [5.41, 5.74) is 3.03. The summed E-state index contributed by atoms with van der Waals surface area (Å²) >= 11 is 0.